The van der Waals surface area contributed by atoms with E-state index in [0.29, 0.717) is 0 Å². The molecule has 0 bridgehead atoms. The van der Waals surface area contributed by atoms with Gasteiger partial charge in [-0.2, -0.15) is 0 Å². The number of nitrogens with one attached hydrogen (secondary N) is 1. The Morgan fingerprint density at radius 3 is 2.85 bits per heavy atom. The molecule has 0 saturated carbocycles. The van der Waals surface area contributed by atoms with E-state index in [0.717, 1.165) is 4.68 Å². The Bertz CT molecular complexity index is 641. The monoisotopic (exact) mass is 278 g/mol. The number of hydrogen-bond donors (Lipinski definition) is 1. The fraction of sp³-hybridized carbons (Fsp3) is 0.167. The van der Waals surface area contributed by atoms with E-state index in [4.69, 9.17) is 0 Å². The average Bonchev–Trinajstić information content (AvgIpc) is 2.89. The van der Waals surface area contributed by atoms with Crippen molar-refractivity contribution in [2.24, 2.45) is 0 Å². The normalized spacial score (nSPS) is 10.1. The number of para-hydroxylation sites is 1. The highest BCUT2D eigenvalue weighted by Crippen LogP contribution is 2.12. The maximum absolute atomic E-state index is 13.3. The topological polar surface area (TPSA) is 86.1 Å². The smallest absolute Gasteiger partial charge is 0.377 e. The second kappa shape index (κ2) is 5.91. The zero-order valence-corrected chi connectivity index (χ0v) is 10.5. The maximum atomic E-state index is 13.3. The Balaban J connectivity index is 2.00. The summed E-state index contributed by atoms with van der Waals surface area (Å²) in [6, 6.07) is 5.80. The van der Waals surface area contributed by atoms with Gasteiger partial charge in [0, 0.05) is 0 Å². The van der Waals surface area contributed by atoms with Crippen molar-refractivity contribution in [2.75, 3.05) is 12.4 Å². The van der Waals surface area contributed by atoms with Crippen LogP contribution in [0.1, 0.15) is 10.6 Å². The van der Waals surface area contributed by atoms with Crippen LogP contribution in [0.25, 0.3) is 0 Å². The molecule has 0 fully saturated rings. The number of rotatable bonds is 4. The van der Waals surface area contributed by atoms with Crippen LogP contribution >= 0.6 is 0 Å². The van der Waals surface area contributed by atoms with Crippen molar-refractivity contribution in [1.29, 1.82) is 0 Å². The number of ether oxygens (including phenoxy) is 1. The molecular weight excluding hydrogens is 267 g/mol. The summed E-state index contributed by atoms with van der Waals surface area (Å²) in [7, 11) is 1.20. The molecule has 0 aliphatic heterocycles. The number of aromatic nitrogens is 3. The number of esters is 1. The Labute approximate surface area is 113 Å². The van der Waals surface area contributed by atoms with Gasteiger partial charge in [0.15, 0.2) is 0 Å². The highest BCUT2D eigenvalue weighted by atomic mass is 19.1. The van der Waals surface area contributed by atoms with E-state index < -0.39 is 17.7 Å². The lowest BCUT2D eigenvalue weighted by Gasteiger charge is -2.05. The molecule has 104 valence electrons. The molecule has 0 saturated heterocycles. The Morgan fingerprint density at radius 1 is 1.40 bits per heavy atom. The van der Waals surface area contributed by atoms with Gasteiger partial charge >= 0.3 is 5.97 Å². The number of nitrogens with zero attached hydrogens (tertiary/aromatic N) is 3. The fourth-order valence-corrected chi connectivity index (χ4v) is 1.46. The molecule has 0 aliphatic rings. The van der Waals surface area contributed by atoms with Crippen LogP contribution < -0.4 is 5.32 Å². The first-order chi connectivity index (χ1) is 9.60. The second-order valence-corrected chi connectivity index (χ2v) is 3.79. The van der Waals surface area contributed by atoms with Crippen molar-refractivity contribution < 1.29 is 18.7 Å². The summed E-state index contributed by atoms with van der Waals surface area (Å²) in [6.45, 7) is -0.196. The number of amides is 1. The molecule has 20 heavy (non-hydrogen) atoms. The fourth-order valence-electron chi connectivity index (χ4n) is 1.46. The summed E-state index contributed by atoms with van der Waals surface area (Å²) < 4.78 is 18.9. The number of hydrogen-bond acceptors (Lipinski definition) is 5. The van der Waals surface area contributed by atoms with Crippen LogP contribution in [-0.4, -0.2) is 33.8 Å². The molecule has 2 rings (SSSR count). The summed E-state index contributed by atoms with van der Waals surface area (Å²) in [4.78, 5) is 26.5. The lowest BCUT2D eigenvalue weighted by Crippen LogP contribution is -2.20. The third kappa shape index (κ3) is 3.16. The van der Waals surface area contributed by atoms with Crippen LogP contribution in [0.4, 0.5) is 10.1 Å². The van der Waals surface area contributed by atoms with Gasteiger partial charge in [-0.25, -0.2) is 18.9 Å². The van der Waals surface area contributed by atoms with Crippen LogP contribution in [0.3, 0.4) is 0 Å². The molecule has 2 aromatic rings. The van der Waals surface area contributed by atoms with Gasteiger partial charge < -0.3 is 10.1 Å². The molecule has 1 aromatic carbocycles. The van der Waals surface area contributed by atoms with Gasteiger partial charge in [0.25, 0.3) is 5.82 Å². The molecule has 7 nitrogen and oxygen atoms in total. The van der Waals surface area contributed by atoms with Gasteiger partial charge in [0.1, 0.15) is 18.7 Å². The van der Waals surface area contributed by atoms with E-state index in [1.54, 1.807) is 6.07 Å². The van der Waals surface area contributed by atoms with E-state index in [9.17, 15) is 14.0 Å². The first-order valence-corrected chi connectivity index (χ1v) is 5.62. The van der Waals surface area contributed by atoms with Crippen LogP contribution in [0.15, 0.2) is 30.6 Å². The minimum atomic E-state index is -0.696. The van der Waals surface area contributed by atoms with Crippen molar-refractivity contribution in [1.82, 2.24) is 14.8 Å². The molecule has 0 unspecified atom stereocenters. The minimum absolute atomic E-state index is 0.0748. The zero-order chi connectivity index (χ0) is 14.5. The van der Waals surface area contributed by atoms with Crippen LogP contribution in [0.2, 0.25) is 0 Å². The zero-order valence-electron chi connectivity index (χ0n) is 10.5. The lowest BCUT2D eigenvalue weighted by atomic mass is 10.3. The summed E-state index contributed by atoms with van der Waals surface area (Å²) in [6.07, 6.45) is 1.22. The highest BCUT2D eigenvalue weighted by molar-refractivity contribution is 5.90. The van der Waals surface area contributed by atoms with Gasteiger partial charge in [-0.15, -0.1) is 5.10 Å². The Hall–Kier alpha value is -2.77. The summed E-state index contributed by atoms with van der Waals surface area (Å²) in [5.74, 6) is -1.87. The first kappa shape index (κ1) is 13.7. The number of carbonyl (C=O) groups is 2. The average molecular weight is 278 g/mol. The van der Waals surface area contributed by atoms with Crippen molar-refractivity contribution in [2.45, 2.75) is 6.54 Å². The number of benzene rings is 1. The summed E-state index contributed by atoms with van der Waals surface area (Å²) in [5, 5.41) is 6.15. The second-order valence-electron chi connectivity index (χ2n) is 3.79. The number of carbonyl (C=O) groups excluding carboxylic acids is 2. The first-order valence-electron chi connectivity index (χ1n) is 5.62. The lowest BCUT2D eigenvalue weighted by molar-refractivity contribution is -0.116. The van der Waals surface area contributed by atoms with Crippen LogP contribution in [-0.2, 0) is 16.1 Å². The molecule has 1 N–H and O–H groups in total. The molecule has 1 heterocycles. The third-order valence-electron chi connectivity index (χ3n) is 2.36. The number of anilines is 1. The van der Waals surface area contributed by atoms with Crippen molar-refractivity contribution in [3.8, 4) is 0 Å². The molecule has 1 aromatic heterocycles. The van der Waals surface area contributed by atoms with Crippen LogP contribution in [0.5, 0.6) is 0 Å². The number of methoxy groups -OCH3 is 1. The van der Waals surface area contributed by atoms with E-state index >= 15 is 0 Å². The Kier molecular flexibility index (Phi) is 4.04. The highest BCUT2D eigenvalue weighted by Gasteiger charge is 2.13. The third-order valence-corrected chi connectivity index (χ3v) is 2.36. The van der Waals surface area contributed by atoms with Gasteiger partial charge in [0.05, 0.1) is 12.8 Å². The predicted octanol–water partition coefficient (Wildman–Crippen LogP) is 0.842. The molecular formula is C12H11FN4O3. The predicted molar refractivity (Wildman–Crippen MR) is 66.4 cm³/mol. The van der Waals surface area contributed by atoms with Gasteiger partial charge in [-0.1, -0.05) is 12.1 Å². The number of halogens is 1. The standard InChI is InChI=1S/C12H11FN4O3/c1-20-12(19)11-14-7-17(16-11)6-10(18)15-9-5-3-2-4-8(9)13/h2-5,7H,6H2,1H3,(H,15,18). The SMILES string of the molecule is COC(=O)c1ncn(CC(=O)Nc2ccccc2F)n1. The largest absolute Gasteiger partial charge is 0.463 e. The molecule has 8 heteroatoms. The quantitative estimate of drug-likeness (QED) is 0.838. The van der Waals surface area contributed by atoms with E-state index in [1.165, 1.54) is 31.6 Å². The van der Waals surface area contributed by atoms with Crippen molar-refractivity contribution >= 4 is 17.6 Å². The summed E-state index contributed by atoms with van der Waals surface area (Å²) in [5.41, 5.74) is 0.0748. The molecule has 1 amide bonds. The van der Waals surface area contributed by atoms with Crippen LogP contribution in [0, 0.1) is 5.82 Å². The Morgan fingerprint density at radius 2 is 2.15 bits per heavy atom. The van der Waals surface area contributed by atoms with Gasteiger partial charge in [-0.3, -0.25) is 4.79 Å². The molecule has 0 spiro atoms. The molecule has 0 radical (unpaired) electrons. The van der Waals surface area contributed by atoms with E-state index in [2.05, 4.69) is 20.1 Å². The maximum Gasteiger partial charge on any atom is 0.377 e. The minimum Gasteiger partial charge on any atom is -0.463 e. The van der Waals surface area contributed by atoms with Gasteiger partial charge in [-0.05, 0) is 12.1 Å². The molecule has 0 atom stereocenters. The van der Waals surface area contributed by atoms with Crippen molar-refractivity contribution in [3.63, 3.8) is 0 Å². The molecule has 0 aliphatic carbocycles. The van der Waals surface area contributed by atoms with Gasteiger partial charge in [0.2, 0.25) is 5.91 Å². The van der Waals surface area contributed by atoms with Crippen molar-refractivity contribution in [3.05, 3.63) is 42.2 Å². The van der Waals surface area contributed by atoms with E-state index in [-0.39, 0.29) is 18.1 Å². The summed E-state index contributed by atoms with van der Waals surface area (Å²) >= 11 is 0. The van der Waals surface area contributed by atoms with E-state index in [1.807, 2.05) is 0 Å².